The van der Waals surface area contributed by atoms with Crippen LogP contribution in [0.15, 0.2) is 64.4 Å². The first-order valence-corrected chi connectivity index (χ1v) is 12.6. The molecule has 0 aliphatic rings. The van der Waals surface area contributed by atoms with Crippen LogP contribution < -0.4 is 10.1 Å². The summed E-state index contributed by atoms with van der Waals surface area (Å²) in [6, 6.07) is 17.2. The predicted molar refractivity (Wildman–Crippen MR) is 138 cm³/mol. The number of aryl methyl sites for hydroxylation is 3. The van der Waals surface area contributed by atoms with Gasteiger partial charge in [0.2, 0.25) is 5.89 Å². The van der Waals surface area contributed by atoms with E-state index in [4.69, 9.17) is 14.3 Å². The highest BCUT2D eigenvalue weighted by molar-refractivity contribution is 7.12. The van der Waals surface area contributed by atoms with Crippen LogP contribution >= 0.6 is 11.3 Å². The van der Waals surface area contributed by atoms with Crippen molar-refractivity contribution >= 4 is 23.2 Å². The Kier molecular flexibility index (Phi) is 8.17. The fourth-order valence-electron chi connectivity index (χ4n) is 3.83. The first kappa shape index (κ1) is 25.2. The fraction of sp³-hybridized carbons (Fsp3) is 0.250. The molecule has 2 aromatic heterocycles. The average molecular weight is 505 g/mol. The van der Waals surface area contributed by atoms with Gasteiger partial charge in [-0.2, -0.15) is 0 Å². The molecule has 8 heteroatoms. The van der Waals surface area contributed by atoms with Gasteiger partial charge in [0.25, 0.3) is 5.91 Å². The number of aliphatic carboxylic acids is 1. The molecule has 0 atom stereocenters. The van der Waals surface area contributed by atoms with Gasteiger partial charge in [-0.15, -0.1) is 11.3 Å². The van der Waals surface area contributed by atoms with Crippen molar-refractivity contribution in [2.24, 2.45) is 0 Å². The lowest BCUT2D eigenvalue weighted by molar-refractivity contribution is -0.136. The van der Waals surface area contributed by atoms with E-state index >= 15 is 0 Å². The molecule has 0 bridgehead atoms. The highest BCUT2D eigenvalue weighted by Gasteiger charge is 2.14. The Hall–Kier alpha value is -3.91. The van der Waals surface area contributed by atoms with E-state index in [9.17, 15) is 9.59 Å². The maximum atomic E-state index is 12.6. The van der Waals surface area contributed by atoms with Gasteiger partial charge >= 0.3 is 5.97 Å². The molecule has 2 heterocycles. The second-order valence-corrected chi connectivity index (χ2v) is 9.34. The molecule has 0 saturated heterocycles. The van der Waals surface area contributed by atoms with Crippen molar-refractivity contribution in [1.82, 2.24) is 10.3 Å². The first-order valence-electron chi connectivity index (χ1n) is 11.7. The van der Waals surface area contributed by atoms with E-state index in [0.29, 0.717) is 36.0 Å². The fourth-order valence-corrected chi connectivity index (χ4v) is 4.67. The summed E-state index contributed by atoms with van der Waals surface area (Å²) >= 11 is 1.40. The topological polar surface area (TPSA) is 102 Å². The quantitative estimate of drug-likeness (QED) is 0.276. The van der Waals surface area contributed by atoms with Crippen LogP contribution in [0.2, 0.25) is 0 Å². The zero-order valence-corrected chi connectivity index (χ0v) is 21.1. The number of hydrogen-bond acceptors (Lipinski definition) is 6. The lowest BCUT2D eigenvalue weighted by Crippen LogP contribution is -2.23. The molecule has 0 aliphatic carbocycles. The molecular formula is C28H28N2O5S. The molecular weight excluding hydrogens is 476 g/mol. The first-order chi connectivity index (χ1) is 17.4. The molecule has 186 valence electrons. The van der Waals surface area contributed by atoms with E-state index in [-0.39, 0.29) is 18.9 Å². The molecule has 4 aromatic rings. The SMILES string of the molecule is Cc1ccsc1C(=O)NCc1cc(OCCc2nc(-c3ccccc3)oc2C)ccc1CCC(=O)O. The summed E-state index contributed by atoms with van der Waals surface area (Å²) in [6.07, 6.45) is 0.965. The summed E-state index contributed by atoms with van der Waals surface area (Å²) in [5.74, 6) is 0.986. The summed E-state index contributed by atoms with van der Waals surface area (Å²) in [5, 5.41) is 13.9. The Morgan fingerprint density at radius 3 is 2.58 bits per heavy atom. The maximum absolute atomic E-state index is 12.6. The van der Waals surface area contributed by atoms with E-state index in [1.54, 1.807) is 0 Å². The second-order valence-electron chi connectivity index (χ2n) is 8.43. The van der Waals surface area contributed by atoms with Gasteiger partial charge in [0.1, 0.15) is 11.5 Å². The van der Waals surface area contributed by atoms with Gasteiger partial charge < -0.3 is 19.6 Å². The van der Waals surface area contributed by atoms with Gasteiger partial charge in [0.15, 0.2) is 0 Å². The zero-order chi connectivity index (χ0) is 25.5. The Balaban J connectivity index is 1.41. The minimum Gasteiger partial charge on any atom is -0.493 e. The third-order valence-corrected chi connectivity index (χ3v) is 6.83. The lowest BCUT2D eigenvalue weighted by Gasteiger charge is -2.13. The van der Waals surface area contributed by atoms with E-state index < -0.39 is 5.97 Å². The molecule has 0 saturated carbocycles. The molecule has 0 radical (unpaired) electrons. The average Bonchev–Trinajstić information content (AvgIpc) is 3.47. The van der Waals surface area contributed by atoms with Crippen molar-refractivity contribution in [1.29, 1.82) is 0 Å². The monoisotopic (exact) mass is 504 g/mol. The minimum absolute atomic E-state index is 0.0143. The van der Waals surface area contributed by atoms with Gasteiger partial charge in [-0.05, 0) is 72.7 Å². The molecule has 1 amide bonds. The zero-order valence-electron chi connectivity index (χ0n) is 20.2. The Morgan fingerprint density at radius 2 is 1.86 bits per heavy atom. The van der Waals surface area contributed by atoms with E-state index in [0.717, 1.165) is 33.7 Å². The van der Waals surface area contributed by atoms with Crippen LogP contribution in [0.25, 0.3) is 11.5 Å². The van der Waals surface area contributed by atoms with Crippen molar-refractivity contribution in [3.63, 3.8) is 0 Å². The maximum Gasteiger partial charge on any atom is 0.303 e. The van der Waals surface area contributed by atoms with Crippen molar-refractivity contribution in [2.75, 3.05) is 6.61 Å². The summed E-state index contributed by atoms with van der Waals surface area (Å²) in [5.41, 5.74) is 4.40. The van der Waals surface area contributed by atoms with E-state index in [1.807, 2.05) is 73.8 Å². The highest BCUT2D eigenvalue weighted by Crippen LogP contribution is 2.23. The molecule has 4 rings (SSSR count). The molecule has 2 aromatic carbocycles. The highest BCUT2D eigenvalue weighted by atomic mass is 32.1. The Bertz CT molecular complexity index is 1340. The standard InChI is InChI=1S/C28H28N2O5S/c1-18-13-15-36-26(18)27(33)29-17-22-16-23(10-8-20(22)9-11-25(31)32)34-14-12-24-19(2)35-28(30-24)21-6-4-3-5-7-21/h3-8,10,13,15-16H,9,11-12,14,17H2,1-2H3,(H,29,33)(H,31,32). The van der Waals surface area contributed by atoms with Gasteiger partial charge in [0.05, 0.1) is 17.2 Å². The van der Waals surface area contributed by atoms with Crippen LogP contribution in [0.5, 0.6) is 5.75 Å². The summed E-state index contributed by atoms with van der Waals surface area (Å²) < 4.78 is 11.8. The Labute approximate surface area is 213 Å². The number of carbonyl (C=O) groups is 2. The number of oxazole rings is 1. The third-order valence-electron chi connectivity index (χ3n) is 5.81. The second kappa shape index (κ2) is 11.7. The number of carboxylic acid groups (broad SMARTS) is 1. The molecule has 7 nitrogen and oxygen atoms in total. The van der Waals surface area contributed by atoms with E-state index in [2.05, 4.69) is 10.3 Å². The number of nitrogens with one attached hydrogen (secondary N) is 1. The van der Waals surface area contributed by atoms with Crippen molar-refractivity contribution in [3.8, 4) is 17.2 Å². The van der Waals surface area contributed by atoms with E-state index in [1.165, 1.54) is 11.3 Å². The summed E-state index contributed by atoms with van der Waals surface area (Å²) in [6.45, 7) is 4.47. The largest absolute Gasteiger partial charge is 0.493 e. The molecule has 0 spiro atoms. The van der Waals surface area contributed by atoms with Crippen LogP contribution in [-0.4, -0.2) is 28.6 Å². The Morgan fingerprint density at radius 1 is 1.06 bits per heavy atom. The number of ether oxygens (including phenoxy) is 1. The third kappa shape index (κ3) is 6.40. The normalized spacial score (nSPS) is 10.8. The lowest BCUT2D eigenvalue weighted by atomic mass is 10.0. The van der Waals surface area contributed by atoms with Crippen LogP contribution in [0.3, 0.4) is 0 Å². The van der Waals surface area contributed by atoms with Crippen molar-refractivity contribution in [3.05, 3.63) is 93.0 Å². The number of benzene rings is 2. The number of carboxylic acids is 1. The summed E-state index contributed by atoms with van der Waals surface area (Å²) in [7, 11) is 0. The number of thiophene rings is 1. The van der Waals surface area contributed by atoms with Gasteiger partial charge in [0, 0.05) is 24.9 Å². The smallest absolute Gasteiger partial charge is 0.303 e. The molecule has 36 heavy (non-hydrogen) atoms. The van der Waals surface area contributed by atoms with Crippen LogP contribution in [0.1, 0.15) is 44.2 Å². The molecule has 0 fully saturated rings. The summed E-state index contributed by atoms with van der Waals surface area (Å²) in [4.78, 5) is 29.0. The molecule has 2 N–H and O–H groups in total. The van der Waals surface area contributed by atoms with Crippen LogP contribution in [0.4, 0.5) is 0 Å². The van der Waals surface area contributed by atoms with Crippen LogP contribution in [0, 0.1) is 13.8 Å². The predicted octanol–water partition coefficient (Wildman–Crippen LogP) is 5.59. The van der Waals surface area contributed by atoms with Crippen molar-refractivity contribution in [2.45, 2.75) is 39.7 Å². The molecule has 0 unspecified atom stereocenters. The number of rotatable bonds is 11. The number of nitrogens with zero attached hydrogens (tertiary/aromatic N) is 1. The van der Waals surface area contributed by atoms with Crippen LogP contribution in [-0.2, 0) is 24.2 Å². The number of carbonyl (C=O) groups excluding carboxylic acids is 1. The number of amides is 1. The van der Waals surface area contributed by atoms with Gasteiger partial charge in [-0.25, -0.2) is 4.98 Å². The van der Waals surface area contributed by atoms with Crippen molar-refractivity contribution < 1.29 is 23.8 Å². The van der Waals surface area contributed by atoms with Gasteiger partial charge in [-0.1, -0.05) is 24.3 Å². The number of aromatic nitrogens is 1. The minimum atomic E-state index is -0.864. The van der Waals surface area contributed by atoms with Gasteiger partial charge in [-0.3, -0.25) is 9.59 Å². The number of hydrogen-bond donors (Lipinski definition) is 2. The molecule has 0 aliphatic heterocycles.